The van der Waals surface area contributed by atoms with Gasteiger partial charge in [0.1, 0.15) is 33.0 Å². The lowest BCUT2D eigenvalue weighted by atomic mass is 10.2. The second kappa shape index (κ2) is 26.3. The highest BCUT2D eigenvalue weighted by molar-refractivity contribution is 5.72. The van der Waals surface area contributed by atoms with Crippen molar-refractivity contribution >= 4 is 35.8 Å². The number of hydrogen-bond acceptors (Lipinski definition) is 12. The number of carbonyl (C=O) groups is 6. The van der Waals surface area contributed by atoms with Crippen LogP contribution >= 0.6 is 0 Å². The summed E-state index contributed by atoms with van der Waals surface area (Å²) in [6.07, 6.45) is 1.78. The molecule has 0 aliphatic rings. The van der Waals surface area contributed by atoms with Crippen LogP contribution in [0.5, 0.6) is 0 Å². The lowest BCUT2D eigenvalue weighted by Crippen LogP contribution is -2.30. The zero-order valence-electron chi connectivity index (χ0n) is 30.7. The van der Waals surface area contributed by atoms with Crippen LogP contribution in [0.2, 0.25) is 0 Å². The third-order valence-corrected chi connectivity index (χ3v) is 7.92. The van der Waals surface area contributed by atoms with Gasteiger partial charge in [0, 0.05) is 38.5 Å². The second-order valence-electron chi connectivity index (χ2n) is 12.5. The van der Waals surface area contributed by atoms with Gasteiger partial charge in [0.25, 0.3) is 0 Å². The van der Waals surface area contributed by atoms with E-state index in [0.717, 1.165) is 16.7 Å². The number of unbranched alkanes of at least 4 members (excludes halogenated alkanes) is 3. The third kappa shape index (κ3) is 20.5. The molecule has 3 aromatic carbocycles. The van der Waals surface area contributed by atoms with Gasteiger partial charge in [-0.1, -0.05) is 91.0 Å². The summed E-state index contributed by atoms with van der Waals surface area (Å²) in [6.45, 7) is -0.148. The average molecular weight is 747 g/mol. The molecule has 0 aliphatic heterocycles. The molecule has 0 radical (unpaired) electrons. The van der Waals surface area contributed by atoms with E-state index in [-0.39, 0.29) is 89.5 Å². The van der Waals surface area contributed by atoms with Crippen molar-refractivity contribution in [1.82, 2.24) is 0 Å². The first-order valence-corrected chi connectivity index (χ1v) is 18.4. The van der Waals surface area contributed by atoms with E-state index in [1.54, 1.807) is 0 Å². The molecule has 54 heavy (non-hydrogen) atoms. The maximum Gasteiger partial charge on any atom is 0.306 e. The van der Waals surface area contributed by atoms with Gasteiger partial charge in [0.05, 0.1) is 0 Å². The minimum Gasteiger partial charge on any atom is -0.462 e. The van der Waals surface area contributed by atoms with Gasteiger partial charge in [-0.3, -0.25) is 28.8 Å². The first-order chi connectivity index (χ1) is 26.3. The second-order valence-corrected chi connectivity index (χ2v) is 12.5. The molecule has 0 aliphatic carbocycles. The number of rotatable bonds is 26. The molecule has 0 saturated carbocycles. The molecule has 0 N–H and O–H groups in total. The fourth-order valence-corrected chi connectivity index (χ4v) is 4.92. The standard InChI is InChI=1S/C42H50O12/c43-37(49-28-33-16-4-1-5-17-33)22-10-12-25-40(46)52-31-36(54-42(48)27-15-14-24-39(45)51-30-35-20-8-3-9-21-35)32-53-41(47)26-13-11-23-38(44)50-29-34-18-6-2-7-19-34/h1-9,16-21,36H,10-15,22-32H2. The zero-order valence-corrected chi connectivity index (χ0v) is 30.7. The van der Waals surface area contributed by atoms with E-state index in [2.05, 4.69) is 0 Å². The predicted molar refractivity (Wildman–Crippen MR) is 196 cm³/mol. The molecule has 0 bridgehead atoms. The number of hydrogen-bond donors (Lipinski definition) is 0. The summed E-state index contributed by atoms with van der Waals surface area (Å²) in [7, 11) is 0. The van der Waals surface area contributed by atoms with Crippen LogP contribution in [-0.2, 0) is 77.0 Å². The van der Waals surface area contributed by atoms with Crippen LogP contribution in [0.15, 0.2) is 91.0 Å². The van der Waals surface area contributed by atoms with Crippen LogP contribution in [-0.4, -0.2) is 55.1 Å². The monoisotopic (exact) mass is 746 g/mol. The fourth-order valence-electron chi connectivity index (χ4n) is 4.92. The van der Waals surface area contributed by atoms with Gasteiger partial charge in [-0.25, -0.2) is 0 Å². The highest BCUT2D eigenvalue weighted by Gasteiger charge is 2.20. The molecule has 0 spiro atoms. The van der Waals surface area contributed by atoms with E-state index >= 15 is 0 Å². The molecule has 0 heterocycles. The Balaban J connectivity index is 1.34. The van der Waals surface area contributed by atoms with Crippen molar-refractivity contribution in [3.8, 4) is 0 Å². The molecule has 0 saturated heterocycles. The van der Waals surface area contributed by atoms with Crippen LogP contribution < -0.4 is 0 Å². The Labute approximate surface area is 316 Å². The summed E-state index contributed by atoms with van der Waals surface area (Å²) in [5.74, 6) is -2.84. The van der Waals surface area contributed by atoms with Crippen molar-refractivity contribution < 1.29 is 57.2 Å². The molecule has 0 aromatic heterocycles. The number of carbonyl (C=O) groups excluding carboxylic acids is 6. The molecule has 0 atom stereocenters. The third-order valence-electron chi connectivity index (χ3n) is 7.92. The lowest BCUT2D eigenvalue weighted by Gasteiger charge is -2.18. The highest BCUT2D eigenvalue weighted by Crippen LogP contribution is 2.11. The molecule has 3 aromatic rings. The summed E-state index contributed by atoms with van der Waals surface area (Å²) in [5, 5.41) is 0. The highest BCUT2D eigenvalue weighted by atomic mass is 16.6. The molecule has 12 nitrogen and oxygen atoms in total. The van der Waals surface area contributed by atoms with Crippen molar-refractivity contribution in [2.45, 2.75) is 103 Å². The van der Waals surface area contributed by atoms with Crippen molar-refractivity contribution in [3.05, 3.63) is 108 Å². The molecule has 0 amide bonds. The van der Waals surface area contributed by atoms with E-state index in [9.17, 15) is 28.8 Å². The molecule has 12 heteroatoms. The van der Waals surface area contributed by atoms with E-state index in [4.69, 9.17) is 28.4 Å². The summed E-state index contributed by atoms with van der Waals surface area (Å²) in [6, 6.07) is 27.9. The Kier molecular flexibility index (Phi) is 20.9. The molecule has 3 rings (SSSR count). The normalized spacial score (nSPS) is 10.6. The van der Waals surface area contributed by atoms with Crippen LogP contribution in [0.4, 0.5) is 0 Å². The maximum absolute atomic E-state index is 12.6. The quantitative estimate of drug-likeness (QED) is 0.0476. The predicted octanol–water partition coefficient (Wildman–Crippen LogP) is 6.90. The molecule has 0 unspecified atom stereocenters. The first-order valence-electron chi connectivity index (χ1n) is 18.4. The van der Waals surface area contributed by atoms with Gasteiger partial charge >= 0.3 is 35.8 Å². The summed E-state index contributed by atoms with van der Waals surface area (Å²) in [4.78, 5) is 73.6. The maximum atomic E-state index is 12.6. The zero-order chi connectivity index (χ0) is 38.6. The first kappa shape index (κ1) is 42.9. The number of benzene rings is 3. The topological polar surface area (TPSA) is 158 Å². The van der Waals surface area contributed by atoms with Gasteiger partial charge in [0.15, 0.2) is 6.10 Å². The van der Waals surface area contributed by atoms with Gasteiger partial charge in [-0.15, -0.1) is 0 Å². The van der Waals surface area contributed by atoms with E-state index in [1.807, 2.05) is 91.0 Å². The van der Waals surface area contributed by atoms with Gasteiger partial charge in [0.2, 0.25) is 0 Å². The molecule has 0 fully saturated rings. The average Bonchev–Trinajstić information content (AvgIpc) is 3.19. The molecule has 290 valence electrons. The largest absolute Gasteiger partial charge is 0.462 e. The summed E-state index contributed by atoms with van der Waals surface area (Å²) < 4.78 is 31.9. The van der Waals surface area contributed by atoms with E-state index in [0.29, 0.717) is 38.5 Å². The number of ether oxygens (including phenoxy) is 6. The van der Waals surface area contributed by atoms with Crippen LogP contribution in [0, 0.1) is 0 Å². The van der Waals surface area contributed by atoms with Crippen molar-refractivity contribution in [1.29, 1.82) is 0 Å². The van der Waals surface area contributed by atoms with E-state index in [1.165, 1.54) is 0 Å². The lowest BCUT2D eigenvalue weighted by molar-refractivity contribution is -0.167. The van der Waals surface area contributed by atoms with Crippen molar-refractivity contribution in [2.75, 3.05) is 13.2 Å². The fraction of sp³-hybridized carbons (Fsp3) is 0.429. The Morgan fingerprint density at radius 2 is 0.611 bits per heavy atom. The van der Waals surface area contributed by atoms with Crippen molar-refractivity contribution in [2.24, 2.45) is 0 Å². The smallest absolute Gasteiger partial charge is 0.306 e. The van der Waals surface area contributed by atoms with Crippen molar-refractivity contribution in [3.63, 3.8) is 0 Å². The van der Waals surface area contributed by atoms with Crippen LogP contribution in [0.1, 0.15) is 93.7 Å². The minimum atomic E-state index is -1.05. The Morgan fingerprint density at radius 1 is 0.352 bits per heavy atom. The SMILES string of the molecule is O=C(CCCCC(=O)OCC(COC(=O)CCCCC(=O)OCc1ccccc1)OC(=O)CCCCC(=O)OCc1ccccc1)OCc1ccccc1. The number of esters is 6. The minimum absolute atomic E-state index is 0.00883. The van der Waals surface area contributed by atoms with Gasteiger partial charge in [-0.05, 0) is 55.2 Å². The van der Waals surface area contributed by atoms with E-state index < -0.39 is 24.0 Å². The Hall–Kier alpha value is -5.52. The van der Waals surface area contributed by atoms with Crippen LogP contribution in [0.3, 0.4) is 0 Å². The van der Waals surface area contributed by atoms with Crippen LogP contribution in [0.25, 0.3) is 0 Å². The Bertz CT molecular complexity index is 1480. The molecular weight excluding hydrogens is 696 g/mol. The molecular formula is C42H50O12. The Morgan fingerprint density at radius 3 is 0.907 bits per heavy atom. The summed E-state index contributed by atoms with van der Waals surface area (Å²) >= 11 is 0. The summed E-state index contributed by atoms with van der Waals surface area (Å²) in [5.41, 5.74) is 2.64. The van der Waals surface area contributed by atoms with Gasteiger partial charge < -0.3 is 28.4 Å². The van der Waals surface area contributed by atoms with Gasteiger partial charge in [-0.2, -0.15) is 0 Å².